The largest absolute Gasteiger partial charge is 0.506 e. The SMILES string of the molecule is O=Cc1cc(OCc2ccccc2)cc(C=O)c1O. The molecule has 0 heterocycles. The Hall–Kier alpha value is -2.62. The van der Waals surface area contributed by atoms with Crippen LogP contribution in [0, 0.1) is 0 Å². The molecule has 4 nitrogen and oxygen atoms in total. The van der Waals surface area contributed by atoms with Crippen molar-refractivity contribution in [2.45, 2.75) is 6.61 Å². The normalized spacial score (nSPS) is 9.89. The van der Waals surface area contributed by atoms with Crippen LogP contribution in [-0.4, -0.2) is 17.7 Å². The third-order valence-electron chi connectivity index (χ3n) is 2.64. The molecular weight excluding hydrogens is 244 g/mol. The summed E-state index contributed by atoms with van der Waals surface area (Å²) in [7, 11) is 0. The average Bonchev–Trinajstić information content (AvgIpc) is 2.47. The van der Waals surface area contributed by atoms with Gasteiger partial charge in [-0.05, 0) is 17.7 Å². The molecule has 0 spiro atoms. The van der Waals surface area contributed by atoms with Crippen LogP contribution in [0.25, 0.3) is 0 Å². The molecule has 0 unspecified atom stereocenters. The summed E-state index contributed by atoms with van der Waals surface area (Å²) in [5.41, 5.74) is 1.04. The maximum Gasteiger partial charge on any atom is 0.153 e. The summed E-state index contributed by atoms with van der Waals surface area (Å²) >= 11 is 0. The third kappa shape index (κ3) is 2.98. The van der Waals surface area contributed by atoms with E-state index in [4.69, 9.17) is 4.74 Å². The molecule has 19 heavy (non-hydrogen) atoms. The van der Waals surface area contributed by atoms with E-state index in [-0.39, 0.29) is 16.9 Å². The molecule has 0 bridgehead atoms. The fraction of sp³-hybridized carbons (Fsp3) is 0.0667. The van der Waals surface area contributed by atoms with Gasteiger partial charge in [-0.3, -0.25) is 9.59 Å². The van der Waals surface area contributed by atoms with Crippen molar-refractivity contribution >= 4 is 12.6 Å². The number of carbonyl (C=O) groups excluding carboxylic acids is 2. The molecule has 2 aromatic rings. The molecule has 0 aromatic heterocycles. The minimum atomic E-state index is -0.322. The molecule has 0 atom stereocenters. The number of hydrogen-bond donors (Lipinski definition) is 1. The summed E-state index contributed by atoms with van der Waals surface area (Å²) in [6.07, 6.45) is 0.968. The van der Waals surface area contributed by atoms with Gasteiger partial charge in [0.05, 0.1) is 11.1 Å². The second-order valence-corrected chi connectivity index (χ2v) is 3.96. The van der Waals surface area contributed by atoms with Crippen molar-refractivity contribution < 1.29 is 19.4 Å². The fourth-order valence-electron chi connectivity index (χ4n) is 1.66. The van der Waals surface area contributed by atoms with Gasteiger partial charge >= 0.3 is 0 Å². The highest BCUT2D eigenvalue weighted by Gasteiger charge is 2.09. The predicted molar refractivity (Wildman–Crippen MR) is 69.7 cm³/mol. The Bertz CT molecular complexity index is 561. The zero-order valence-corrected chi connectivity index (χ0v) is 10.1. The lowest BCUT2D eigenvalue weighted by Crippen LogP contribution is -1.97. The van der Waals surface area contributed by atoms with Crippen LogP contribution in [0.4, 0.5) is 0 Å². The van der Waals surface area contributed by atoms with Crippen LogP contribution < -0.4 is 4.74 Å². The second-order valence-electron chi connectivity index (χ2n) is 3.96. The number of aromatic hydroxyl groups is 1. The molecule has 0 fully saturated rings. The number of phenols is 1. The second kappa shape index (κ2) is 5.82. The first-order valence-electron chi connectivity index (χ1n) is 5.68. The van der Waals surface area contributed by atoms with E-state index in [0.29, 0.717) is 24.9 Å². The summed E-state index contributed by atoms with van der Waals surface area (Å²) in [6.45, 7) is 0.322. The third-order valence-corrected chi connectivity index (χ3v) is 2.64. The Morgan fingerprint density at radius 3 is 2.11 bits per heavy atom. The van der Waals surface area contributed by atoms with E-state index in [1.54, 1.807) is 0 Å². The Morgan fingerprint density at radius 1 is 1.00 bits per heavy atom. The van der Waals surface area contributed by atoms with Crippen molar-refractivity contribution in [3.8, 4) is 11.5 Å². The quantitative estimate of drug-likeness (QED) is 0.835. The standard InChI is InChI=1S/C15H12O4/c16-8-12-6-14(7-13(9-17)15(12)18)19-10-11-4-2-1-3-5-11/h1-9,18H,10H2. The minimum absolute atomic E-state index is 0.0349. The minimum Gasteiger partial charge on any atom is -0.506 e. The number of aldehydes is 2. The molecule has 2 aromatic carbocycles. The maximum absolute atomic E-state index is 10.8. The maximum atomic E-state index is 10.8. The zero-order chi connectivity index (χ0) is 13.7. The lowest BCUT2D eigenvalue weighted by Gasteiger charge is -2.09. The summed E-state index contributed by atoms with van der Waals surface area (Å²) < 4.78 is 5.50. The van der Waals surface area contributed by atoms with Gasteiger partial charge in [0, 0.05) is 0 Å². The Morgan fingerprint density at radius 2 is 1.58 bits per heavy atom. The molecule has 1 N–H and O–H groups in total. The highest BCUT2D eigenvalue weighted by atomic mass is 16.5. The van der Waals surface area contributed by atoms with Crippen LogP contribution in [0.2, 0.25) is 0 Å². The van der Waals surface area contributed by atoms with Crippen molar-refractivity contribution in [1.82, 2.24) is 0 Å². The molecule has 0 aliphatic carbocycles. The van der Waals surface area contributed by atoms with Crippen LogP contribution in [0.15, 0.2) is 42.5 Å². The first-order valence-corrected chi connectivity index (χ1v) is 5.68. The van der Waals surface area contributed by atoms with Gasteiger partial charge in [-0.1, -0.05) is 30.3 Å². The molecule has 0 amide bonds. The van der Waals surface area contributed by atoms with Crippen LogP contribution in [-0.2, 0) is 6.61 Å². The molecule has 0 aliphatic rings. The summed E-state index contributed by atoms with van der Waals surface area (Å²) in [4.78, 5) is 21.6. The fourth-order valence-corrected chi connectivity index (χ4v) is 1.66. The molecular formula is C15H12O4. The van der Waals surface area contributed by atoms with E-state index in [0.717, 1.165) is 5.56 Å². The number of rotatable bonds is 5. The topological polar surface area (TPSA) is 63.6 Å². The molecule has 0 radical (unpaired) electrons. The van der Waals surface area contributed by atoms with Crippen molar-refractivity contribution in [3.63, 3.8) is 0 Å². The number of carbonyl (C=O) groups is 2. The molecule has 0 aliphatic heterocycles. The zero-order valence-electron chi connectivity index (χ0n) is 10.1. The van der Waals surface area contributed by atoms with Crippen LogP contribution in [0.3, 0.4) is 0 Å². The molecule has 0 saturated carbocycles. The van der Waals surface area contributed by atoms with Gasteiger partial charge in [0.25, 0.3) is 0 Å². The van der Waals surface area contributed by atoms with Crippen LogP contribution in [0.5, 0.6) is 11.5 Å². The first kappa shape index (κ1) is 12.8. The van der Waals surface area contributed by atoms with Crippen molar-refractivity contribution in [3.05, 3.63) is 59.2 Å². The number of phenolic OH excluding ortho intramolecular Hbond substituents is 1. The lowest BCUT2D eigenvalue weighted by molar-refractivity contribution is 0.111. The Kier molecular flexibility index (Phi) is 3.93. The highest BCUT2D eigenvalue weighted by Crippen LogP contribution is 2.26. The summed E-state index contributed by atoms with van der Waals surface area (Å²) in [5, 5.41) is 9.58. The number of benzene rings is 2. The lowest BCUT2D eigenvalue weighted by atomic mass is 10.1. The van der Waals surface area contributed by atoms with Crippen molar-refractivity contribution in [2.75, 3.05) is 0 Å². The Balaban J connectivity index is 2.21. The van der Waals surface area contributed by atoms with Crippen LogP contribution >= 0.6 is 0 Å². The van der Waals surface area contributed by atoms with Crippen molar-refractivity contribution in [2.24, 2.45) is 0 Å². The smallest absolute Gasteiger partial charge is 0.153 e. The first-order chi connectivity index (χ1) is 9.24. The van der Waals surface area contributed by atoms with Gasteiger partial charge in [0.15, 0.2) is 12.6 Å². The van der Waals surface area contributed by atoms with E-state index >= 15 is 0 Å². The monoisotopic (exact) mass is 256 g/mol. The Labute approximate surface area is 110 Å². The van der Waals surface area contributed by atoms with Gasteiger partial charge in [-0.25, -0.2) is 0 Å². The van der Waals surface area contributed by atoms with Gasteiger partial charge < -0.3 is 9.84 Å². The van der Waals surface area contributed by atoms with E-state index in [2.05, 4.69) is 0 Å². The van der Waals surface area contributed by atoms with Crippen molar-refractivity contribution in [1.29, 1.82) is 0 Å². The molecule has 0 saturated heterocycles. The van der Waals surface area contributed by atoms with Gasteiger partial charge in [-0.2, -0.15) is 0 Å². The molecule has 96 valence electrons. The van der Waals surface area contributed by atoms with E-state index in [1.165, 1.54) is 12.1 Å². The highest BCUT2D eigenvalue weighted by molar-refractivity contribution is 5.89. The van der Waals surface area contributed by atoms with E-state index in [1.807, 2.05) is 30.3 Å². The summed E-state index contributed by atoms with van der Waals surface area (Å²) in [5.74, 6) is 0.0444. The van der Waals surface area contributed by atoms with Gasteiger partial charge in [0.1, 0.15) is 18.1 Å². The van der Waals surface area contributed by atoms with Crippen LogP contribution in [0.1, 0.15) is 26.3 Å². The number of hydrogen-bond acceptors (Lipinski definition) is 4. The molecule has 4 heteroatoms. The van der Waals surface area contributed by atoms with E-state index in [9.17, 15) is 14.7 Å². The number of ether oxygens (including phenoxy) is 1. The van der Waals surface area contributed by atoms with Gasteiger partial charge in [-0.15, -0.1) is 0 Å². The van der Waals surface area contributed by atoms with E-state index < -0.39 is 0 Å². The van der Waals surface area contributed by atoms with Gasteiger partial charge in [0.2, 0.25) is 0 Å². The summed E-state index contributed by atoms with van der Waals surface area (Å²) in [6, 6.07) is 12.3. The predicted octanol–water partition coefficient (Wildman–Crippen LogP) is 2.60. The average molecular weight is 256 g/mol. The molecule has 2 rings (SSSR count).